The van der Waals surface area contributed by atoms with E-state index >= 15 is 0 Å². The number of nitrogens with one attached hydrogen (secondary N) is 1. The summed E-state index contributed by atoms with van der Waals surface area (Å²) in [5.74, 6) is 0.784. The van der Waals surface area contributed by atoms with Gasteiger partial charge in [-0.15, -0.1) is 0 Å². The van der Waals surface area contributed by atoms with E-state index in [-0.39, 0.29) is 11.9 Å². The van der Waals surface area contributed by atoms with Crippen molar-refractivity contribution in [2.24, 2.45) is 0 Å². The van der Waals surface area contributed by atoms with Gasteiger partial charge in [-0.05, 0) is 47.4 Å². The predicted octanol–water partition coefficient (Wildman–Crippen LogP) is 4.08. The molecule has 0 aliphatic heterocycles. The number of carbonyl (C=O) groups is 1. The first-order valence-electron chi connectivity index (χ1n) is 8.63. The molecule has 3 aromatic rings. The van der Waals surface area contributed by atoms with Crippen molar-refractivity contribution in [1.29, 1.82) is 0 Å². The van der Waals surface area contributed by atoms with Gasteiger partial charge in [0.1, 0.15) is 12.4 Å². The molecule has 1 heterocycles. The number of pyridine rings is 1. The number of aromatic nitrogens is 1. The van der Waals surface area contributed by atoms with E-state index < -0.39 is 0 Å². The van der Waals surface area contributed by atoms with E-state index in [0.717, 1.165) is 22.4 Å². The second-order valence-electron chi connectivity index (χ2n) is 6.16. The van der Waals surface area contributed by atoms with Gasteiger partial charge in [0.15, 0.2) is 0 Å². The highest BCUT2D eigenvalue weighted by Crippen LogP contribution is 2.20. The first kappa shape index (κ1) is 17.7. The van der Waals surface area contributed by atoms with Crippen molar-refractivity contribution in [3.63, 3.8) is 0 Å². The highest BCUT2D eigenvalue weighted by Gasteiger charge is 2.13. The number of hydrogen-bond acceptors (Lipinski definition) is 3. The van der Waals surface area contributed by atoms with Gasteiger partial charge in [-0.2, -0.15) is 0 Å². The monoisotopic (exact) mass is 346 g/mol. The molecule has 0 fully saturated rings. The van der Waals surface area contributed by atoms with Crippen LogP contribution in [0, 0.1) is 0 Å². The van der Waals surface area contributed by atoms with Gasteiger partial charge in [-0.1, -0.05) is 42.5 Å². The Hall–Kier alpha value is -3.14. The minimum atomic E-state index is -0.0772. The van der Waals surface area contributed by atoms with Crippen LogP contribution in [-0.2, 0) is 17.8 Å². The number of hydrogen-bond donors (Lipinski definition) is 1. The zero-order valence-corrected chi connectivity index (χ0v) is 14.8. The molecule has 1 aromatic heterocycles. The number of benzene rings is 2. The van der Waals surface area contributed by atoms with E-state index in [9.17, 15) is 4.79 Å². The van der Waals surface area contributed by atoms with E-state index in [4.69, 9.17) is 4.74 Å². The van der Waals surface area contributed by atoms with Gasteiger partial charge in [0.25, 0.3) is 0 Å². The Kier molecular flexibility index (Phi) is 5.99. The van der Waals surface area contributed by atoms with Crippen LogP contribution in [0.2, 0.25) is 0 Å². The average molecular weight is 346 g/mol. The van der Waals surface area contributed by atoms with Crippen molar-refractivity contribution in [2.45, 2.75) is 26.0 Å². The number of carbonyl (C=O) groups excluding carboxylic acids is 1. The van der Waals surface area contributed by atoms with Crippen LogP contribution in [-0.4, -0.2) is 10.9 Å². The molecule has 1 N–H and O–H groups in total. The van der Waals surface area contributed by atoms with Crippen LogP contribution < -0.4 is 10.1 Å². The van der Waals surface area contributed by atoms with Gasteiger partial charge in [0, 0.05) is 19.3 Å². The first-order valence-corrected chi connectivity index (χ1v) is 8.63. The van der Waals surface area contributed by atoms with Crippen LogP contribution in [0.25, 0.3) is 0 Å². The van der Waals surface area contributed by atoms with E-state index in [2.05, 4.69) is 10.3 Å². The SMILES string of the molecule is CC(=O)NC(Cc1ccc(OCc2ccccc2)cc1)c1ccncc1. The molecule has 2 aromatic carbocycles. The lowest BCUT2D eigenvalue weighted by atomic mass is 9.99. The fourth-order valence-corrected chi connectivity index (χ4v) is 2.79. The quantitative estimate of drug-likeness (QED) is 0.701. The van der Waals surface area contributed by atoms with Gasteiger partial charge in [-0.25, -0.2) is 0 Å². The zero-order valence-electron chi connectivity index (χ0n) is 14.8. The molecule has 0 saturated heterocycles. The highest BCUT2D eigenvalue weighted by molar-refractivity contribution is 5.73. The van der Waals surface area contributed by atoms with E-state index in [1.54, 1.807) is 12.4 Å². The van der Waals surface area contributed by atoms with Gasteiger partial charge in [-0.3, -0.25) is 9.78 Å². The van der Waals surface area contributed by atoms with Crippen molar-refractivity contribution in [1.82, 2.24) is 10.3 Å². The molecular weight excluding hydrogens is 324 g/mol. The molecule has 0 spiro atoms. The maximum atomic E-state index is 11.5. The molecule has 1 amide bonds. The van der Waals surface area contributed by atoms with Crippen LogP contribution >= 0.6 is 0 Å². The van der Waals surface area contributed by atoms with E-state index in [0.29, 0.717) is 13.0 Å². The predicted molar refractivity (Wildman–Crippen MR) is 102 cm³/mol. The van der Waals surface area contributed by atoms with Crippen molar-refractivity contribution in [3.8, 4) is 5.75 Å². The highest BCUT2D eigenvalue weighted by atomic mass is 16.5. The van der Waals surface area contributed by atoms with Crippen molar-refractivity contribution >= 4 is 5.91 Å². The maximum Gasteiger partial charge on any atom is 0.217 e. The normalized spacial score (nSPS) is 11.6. The lowest BCUT2D eigenvalue weighted by Gasteiger charge is -2.18. The third-order valence-corrected chi connectivity index (χ3v) is 4.10. The number of ether oxygens (including phenoxy) is 1. The molecule has 0 radical (unpaired) electrons. The summed E-state index contributed by atoms with van der Waals surface area (Å²) in [6.45, 7) is 2.08. The third-order valence-electron chi connectivity index (χ3n) is 4.10. The second-order valence-corrected chi connectivity index (χ2v) is 6.16. The Morgan fingerprint density at radius 1 is 0.962 bits per heavy atom. The van der Waals surface area contributed by atoms with Crippen molar-refractivity contribution < 1.29 is 9.53 Å². The summed E-state index contributed by atoms with van der Waals surface area (Å²) in [6, 6.07) is 21.9. The van der Waals surface area contributed by atoms with Gasteiger partial charge in [0.05, 0.1) is 6.04 Å². The summed E-state index contributed by atoms with van der Waals surface area (Å²) in [5, 5.41) is 3.01. The lowest BCUT2D eigenvalue weighted by Crippen LogP contribution is -2.27. The van der Waals surface area contributed by atoms with E-state index in [1.165, 1.54) is 6.92 Å². The Labute approximate surface area is 153 Å². The molecule has 4 heteroatoms. The van der Waals surface area contributed by atoms with Gasteiger partial charge >= 0.3 is 0 Å². The Balaban J connectivity index is 1.64. The molecule has 0 bridgehead atoms. The van der Waals surface area contributed by atoms with Gasteiger partial charge < -0.3 is 10.1 Å². The van der Waals surface area contributed by atoms with Crippen LogP contribution in [0.1, 0.15) is 29.7 Å². The smallest absolute Gasteiger partial charge is 0.217 e. The second kappa shape index (κ2) is 8.81. The largest absolute Gasteiger partial charge is 0.489 e. The van der Waals surface area contributed by atoms with E-state index in [1.807, 2.05) is 66.7 Å². The molecule has 26 heavy (non-hydrogen) atoms. The fourth-order valence-electron chi connectivity index (χ4n) is 2.79. The standard InChI is InChI=1S/C22H22N2O2/c1-17(25)24-22(20-11-13-23-14-12-20)15-18-7-9-21(10-8-18)26-16-19-5-3-2-4-6-19/h2-14,22H,15-16H2,1H3,(H,24,25). The summed E-state index contributed by atoms with van der Waals surface area (Å²) < 4.78 is 5.82. The van der Waals surface area contributed by atoms with Crippen LogP contribution in [0.5, 0.6) is 5.75 Å². The summed E-state index contributed by atoms with van der Waals surface area (Å²) >= 11 is 0. The third kappa shape index (κ3) is 5.18. The molecular formula is C22H22N2O2. The van der Waals surface area contributed by atoms with Crippen molar-refractivity contribution in [3.05, 3.63) is 95.8 Å². The summed E-state index contributed by atoms with van der Waals surface area (Å²) in [5.41, 5.74) is 3.31. The minimum absolute atomic E-state index is 0.0466. The molecule has 0 saturated carbocycles. The molecule has 0 aliphatic carbocycles. The Bertz CT molecular complexity index is 818. The van der Waals surface area contributed by atoms with Crippen LogP contribution in [0.3, 0.4) is 0 Å². The minimum Gasteiger partial charge on any atom is -0.489 e. The first-order chi connectivity index (χ1) is 12.7. The molecule has 3 rings (SSSR count). The fraction of sp³-hybridized carbons (Fsp3) is 0.182. The summed E-state index contributed by atoms with van der Waals surface area (Å²) in [4.78, 5) is 15.6. The van der Waals surface area contributed by atoms with Crippen molar-refractivity contribution in [2.75, 3.05) is 0 Å². The number of rotatable bonds is 7. The number of amides is 1. The van der Waals surface area contributed by atoms with Gasteiger partial charge in [0.2, 0.25) is 5.91 Å². The molecule has 1 unspecified atom stereocenters. The topological polar surface area (TPSA) is 51.2 Å². The molecule has 4 nitrogen and oxygen atoms in total. The molecule has 0 aliphatic rings. The summed E-state index contributed by atoms with van der Waals surface area (Å²) in [6.07, 6.45) is 4.19. The molecule has 132 valence electrons. The Morgan fingerprint density at radius 2 is 1.65 bits per heavy atom. The summed E-state index contributed by atoms with van der Waals surface area (Å²) in [7, 11) is 0. The van der Waals surface area contributed by atoms with Crippen LogP contribution in [0.15, 0.2) is 79.1 Å². The zero-order chi connectivity index (χ0) is 18.2. The molecule has 1 atom stereocenters. The number of nitrogens with zero attached hydrogens (tertiary/aromatic N) is 1. The maximum absolute atomic E-state index is 11.5. The average Bonchev–Trinajstić information content (AvgIpc) is 2.68. The Morgan fingerprint density at radius 3 is 2.31 bits per heavy atom. The van der Waals surface area contributed by atoms with Crippen LogP contribution in [0.4, 0.5) is 0 Å². The lowest BCUT2D eigenvalue weighted by molar-refractivity contribution is -0.119.